The fourth-order valence-electron chi connectivity index (χ4n) is 2.66. The van der Waals surface area contributed by atoms with E-state index in [1.54, 1.807) is 24.3 Å². The lowest BCUT2D eigenvalue weighted by atomic mass is 10.1. The van der Waals surface area contributed by atoms with Gasteiger partial charge in [-0.25, -0.2) is 8.78 Å². The van der Waals surface area contributed by atoms with Gasteiger partial charge in [0.15, 0.2) is 11.6 Å². The molecule has 3 aromatic carbocycles. The van der Waals surface area contributed by atoms with Gasteiger partial charge in [0.25, 0.3) is 5.91 Å². The average molecular weight is 367 g/mol. The van der Waals surface area contributed by atoms with E-state index in [0.29, 0.717) is 11.3 Å². The number of hydrogen-bond donors (Lipinski definition) is 1. The standard InChI is InChI=1S/C22H19F2NO2/c1-14-8-9-15(2)20(12-14)25-22(26)21(16-6-4-3-5-7-16)27-17-10-11-18(23)19(24)13-17/h3-13,21H,1-2H3,(H,25,26)/t21-/m0/s1. The van der Waals surface area contributed by atoms with Crippen LogP contribution in [0.3, 0.4) is 0 Å². The minimum absolute atomic E-state index is 0.0684. The lowest BCUT2D eigenvalue weighted by Crippen LogP contribution is -2.26. The molecule has 0 spiro atoms. The molecular formula is C22H19F2NO2. The molecule has 0 aromatic heterocycles. The minimum atomic E-state index is -1.03. The van der Waals surface area contributed by atoms with Crippen LogP contribution < -0.4 is 10.1 Å². The number of benzene rings is 3. The Bertz CT molecular complexity index is 958. The van der Waals surface area contributed by atoms with Gasteiger partial charge in [-0.2, -0.15) is 0 Å². The molecule has 1 N–H and O–H groups in total. The van der Waals surface area contributed by atoms with Gasteiger partial charge in [-0.05, 0) is 43.2 Å². The van der Waals surface area contributed by atoms with Crippen LogP contribution >= 0.6 is 0 Å². The zero-order valence-electron chi connectivity index (χ0n) is 15.0. The molecule has 0 bridgehead atoms. The summed E-state index contributed by atoms with van der Waals surface area (Å²) in [7, 11) is 0. The third-order valence-electron chi connectivity index (χ3n) is 4.14. The van der Waals surface area contributed by atoms with Gasteiger partial charge in [0.05, 0.1) is 0 Å². The van der Waals surface area contributed by atoms with E-state index in [1.165, 1.54) is 6.07 Å². The zero-order chi connectivity index (χ0) is 19.4. The second-order valence-electron chi connectivity index (χ2n) is 6.29. The molecule has 3 rings (SSSR count). The molecule has 1 amide bonds. The molecular weight excluding hydrogens is 348 g/mol. The summed E-state index contributed by atoms with van der Waals surface area (Å²) in [6.07, 6.45) is -1.02. The van der Waals surface area contributed by atoms with Crippen molar-refractivity contribution < 1.29 is 18.3 Å². The van der Waals surface area contributed by atoms with Crippen LogP contribution in [0.2, 0.25) is 0 Å². The summed E-state index contributed by atoms with van der Waals surface area (Å²) >= 11 is 0. The maximum Gasteiger partial charge on any atom is 0.270 e. The second kappa shape index (κ2) is 7.99. The molecule has 0 saturated heterocycles. The van der Waals surface area contributed by atoms with Crippen molar-refractivity contribution in [3.63, 3.8) is 0 Å². The fourth-order valence-corrected chi connectivity index (χ4v) is 2.66. The van der Waals surface area contributed by atoms with Gasteiger partial charge in [-0.1, -0.05) is 42.5 Å². The first kappa shape index (κ1) is 18.6. The van der Waals surface area contributed by atoms with Gasteiger partial charge in [0.2, 0.25) is 6.10 Å². The highest BCUT2D eigenvalue weighted by molar-refractivity contribution is 5.95. The molecule has 27 heavy (non-hydrogen) atoms. The Morgan fingerprint density at radius 2 is 1.67 bits per heavy atom. The number of amides is 1. The summed E-state index contributed by atoms with van der Waals surface area (Å²) in [6, 6.07) is 17.8. The molecule has 138 valence electrons. The monoisotopic (exact) mass is 367 g/mol. The lowest BCUT2D eigenvalue weighted by Gasteiger charge is -2.20. The average Bonchev–Trinajstić information content (AvgIpc) is 2.66. The van der Waals surface area contributed by atoms with E-state index in [0.717, 1.165) is 23.3 Å². The minimum Gasteiger partial charge on any atom is -0.476 e. The summed E-state index contributed by atoms with van der Waals surface area (Å²) < 4.78 is 32.4. The highest BCUT2D eigenvalue weighted by Gasteiger charge is 2.24. The predicted molar refractivity (Wildman–Crippen MR) is 101 cm³/mol. The maximum absolute atomic E-state index is 13.5. The maximum atomic E-state index is 13.5. The molecule has 0 aliphatic carbocycles. The molecule has 0 radical (unpaired) electrons. The first-order chi connectivity index (χ1) is 12.9. The van der Waals surface area contributed by atoms with Crippen molar-refractivity contribution in [3.8, 4) is 5.75 Å². The van der Waals surface area contributed by atoms with Crippen molar-refractivity contribution >= 4 is 11.6 Å². The van der Waals surface area contributed by atoms with Gasteiger partial charge in [0.1, 0.15) is 5.75 Å². The van der Waals surface area contributed by atoms with Crippen LogP contribution in [0.25, 0.3) is 0 Å². The Morgan fingerprint density at radius 3 is 2.37 bits per heavy atom. The summed E-state index contributed by atoms with van der Waals surface area (Å²) in [5, 5.41) is 2.86. The Labute approximate surface area is 156 Å². The van der Waals surface area contributed by atoms with Gasteiger partial charge < -0.3 is 10.1 Å². The highest BCUT2D eigenvalue weighted by Crippen LogP contribution is 2.26. The van der Waals surface area contributed by atoms with E-state index >= 15 is 0 Å². The van der Waals surface area contributed by atoms with Crippen molar-refractivity contribution in [2.24, 2.45) is 0 Å². The van der Waals surface area contributed by atoms with Crippen LogP contribution in [0.1, 0.15) is 22.8 Å². The Morgan fingerprint density at radius 1 is 0.926 bits per heavy atom. The Kier molecular flexibility index (Phi) is 5.50. The molecule has 0 fully saturated rings. The van der Waals surface area contributed by atoms with Crippen LogP contribution in [0, 0.1) is 25.5 Å². The largest absolute Gasteiger partial charge is 0.476 e. The number of halogens is 2. The van der Waals surface area contributed by atoms with Crippen LogP contribution in [-0.2, 0) is 4.79 Å². The molecule has 0 aliphatic rings. The van der Waals surface area contributed by atoms with Gasteiger partial charge in [0, 0.05) is 17.3 Å². The number of carbonyl (C=O) groups excluding carboxylic acids is 1. The highest BCUT2D eigenvalue weighted by atomic mass is 19.2. The van der Waals surface area contributed by atoms with E-state index in [-0.39, 0.29) is 5.75 Å². The summed E-state index contributed by atoms with van der Waals surface area (Å²) in [5.74, 6) is -2.34. The number of anilines is 1. The molecule has 5 heteroatoms. The third kappa shape index (κ3) is 4.50. The SMILES string of the molecule is Cc1ccc(C)c(NC(=O)[C@@H](Oc2ccc(F)c(F)c2)c2ccccc2)c1. The molecule has 3 nitrogen and oxygen atoms in total. The van der Waals surface area contributed by atoms with E-state index in [4.69, 9.17) is 4.74 Å². The smallest absolute Gasteiger partial charge is 0.270 e. The number of rotatable bonds is 5. The van der Waals surface area contributed by atoms with Gasteiger partial charge in [-0.3, -0.25) is 4.79 Å². The topological polar surface area (TPSA) is 38.3 Å². The lowest BCUT2D eigenvalue weighted by molar-refractivity contribution is -0.123. The van der Waals surface area contributed by atoms with Crippen LogP contribution in [-0.4, -0.2) is 5.91 Å². The Balaban J connectivity index is 1.90. The van der Waals surface area contributed by atoms with Crippen LogP contribution in [0.4, 0.5) is 14.5 Å². The number of hydrogen-bond acceptors (Lipinski definition) is 2. The number of carbonyl (C=O) groups is 1. The van der Waals surface area contributed by atoms with Crippen LogP contribution in [0.15, 0.2) is 66.7 Å². The second-order valence-corrected chi connectivity index (χ2v) is 6.29. The number of aryl methyl sites for hydroxylation is 2. The molecule has 0 saturated carbocycles. The van der Waals surface area contributed by atoms with Crippen molar-refractivity contribution in [1.82, 2.24) is 0 Å². The predicted octanol–water partition coefficient (Wildman–Crippen LogP) is 5.34. The normalized spacial score (nSPS) is 11.7. The first-order valence-electron chi connectivity index (χ1n) is 8.49. The molecule has 3 aromatic rings. The van der Waals surface area contributed by atoms with E-state index < -0.39 is 23.6 Å². The van der Waals surface area contributed by atoms with E-state index in [1.807, 2.05) is 38.1 Å². The molecule has 1 atom stereocenters. The van der Waals surface area contributed by atoms with E-state index in [9.17, 15) is 13.6 Å². The zero-order valence-corrected chi connectivity index (χ0v) is 15.0. The number of ether oxygens (including phenoxy) is 1. The van der Waals surface area contributed by atoms with Crippen molar-refractivity contribution in [2.75, 3.05) is 5.32 Å². The van der Waals surface area contributed by atoms with Crippen molar-refractivity contribution in [1.29, 1.82) is 0 Å². The quantitative estimate of drug-likeness (QED) is 0.661. The van der Waals surface area contributed by atoms with Crippen molar-refractivity contribution in [3.05, 3.63) is 95.1 Å². The molecule has 0 aliphatic heterocycles. The summed E-state index contributed by atoms with van der Waals surface area (Å²) in [5.41, 5.74) is 3.20. The fraction of sp³-hybridized carbons (Fsp3) is 0.136. The summed E-state index contributed by atoms with van der Waals surface area (Å²) in [6.45, 7) is 3.82. The van der Waals surface area contributed by atoms with Crippen molar-refractivity contribution in [2.45, 2.75) is 20.0 Å². The van der Waals surface area contributed by atoms with E-state index in [2.05, 4.69) is 5.32 Å². The summed E-state index contributed by atoms with van der Waals surface area (Å²) in [4.78, 5) is 12.9. The Hall–Kier alpha value is -3.21. The third-order valence-corrected chi connectivity index (χ3v) is 4.14. The molecule has 0 heterocycles. The van der Waals surface area contributed by atoms with Crippen LogP contribution in [0.5, 0.6) is 5.75 Å². The van der Waals surface area contributed by atoms with Gasteiger partial charge in [-0.15, -0.1) is 0 Å². The van der Waals surface area contributed by atoms with Gasteiger partial charge >= 0.3 is 0 Å². The number of nitrogens with one attached hydrogen (secondary N) is 1. The molecule has 0 unspecified atom stereocenters. The first-order valence-corrected chi connectivity index (χ1v) is 8.49.